The Labute approximate surface area is 107 Å². The highest BCUT2D eigenvalue weighted by atomic mass is 35.7. The summed E-state index contributed by atoms with van der Waals surface area (Å²) in [7, 11) is 0.848. The van der Waals surface area contributed by atoms with Gasteiger partial charge in [-0.25, -0.2) is 13.1 Å². The predicted molar refractivity (Wildman–Crippen MR) is 59.9 cm³/mol. The summed E-state index contributed by atoms with van der Waals surface area (Å²) in [6, 6.07) is 2.61. The Hall–Kier alpha value is -1.21. The maximum atomic E-state index is 13.1. The second-order valence-corrected chi connectivity index (χ2v) is 6.57. The van der Waals surface area contributed by atoms with Gasteiger partial charge in [-0.05, 0) is 24.6 Å². The summed E-state index contributed by atoms with van der Waals surface area (Å²) in [6.45, 7) is 1.38. The maximum Gasteiger partial charge on any atom is 0.324 e. The van der Waals surface area contributed by atoms with Gasteiger partial charge < -0.3 is 0 Å². The molecular formula is C10H8ClF2NO3S. The molecule has 1 saturated heterocycles. The molecule has 98 valence electrons. The molecule has 0 aliphatic carbocycles. The van der Waals surface area contributed by atoms with Gasteiger partial charge in [0.2, 0.25) is 5.91 Å². The number of β-lactam (4-membered cyclic amide) rings is 1. The maximum absolute atomic E-state index is 13.1. The van der Waals surface area contributed by atoms with E-state index >= 15 is 0 Å². The van der Waals surface area contributed by atoms with Crippen molar-refractivity contribution in [3.8, 4) is 0 Å². The standard InChI is InChI=1S/C10H8ClF2NO3S/c1-10(5-9(15)14(10)18(11,16)17)6-2-7(12)4-8(13)3-6/h2-4H,5H2,1H3. The third-order valence-electron chi connectivity index (χ3n) is 2.87. The molecule has 0 aromatic heterocycles. The topological polar surface area (TPSA) is 54.5 Å². The Morgan fingerprint density at radius 3 is 2.17 bits per heavy atom. The first-order valence-electron chi connectivity index (χ1n) is 4.89. The molecule has 1 aromatic rings. The number of hydrogen-bond donors (Lipinski definition) is 0. The zero-order valence-corrected chi connectivity index (χ0v) is 10.7. The molecule has 1 aromatic carbocycles. The number of halogens is 3. The van der Waals surface area contributed by atoms with Crippen molar-refractivity contribution in [3.63, 3.8) is 0 Å². The van der Waals surface area contributed by atoms with Crippen LogP contribution in [0.5, 0.6) is 0 Å². The molecule has 18 heavy (non-hydrogen) atoms. The van der Waals surface area contributed by atoms with Gasteiger partial charge in [-0.15, -0.1) is 0 Å². The fourth-order valence-corrected chi connectivity index (χ4v) is 3.72. The molecule has 0 saturated carbocycles. The van der Waals surface area contributed by atoms with Crippen LogP contribution in [0.15, 0.2) is 18.2 Å². The number of hydrogen-bond acceptors (Lipinski definition) is 3. The average molecular weight is 296 g/mol. The lowest BCUT2D eigenvalue weighted by Crippen LogP contribution is -2.60. The van der Waals surface area contributed by atoms with Crippen molar-refractivity contribution < 1.29 is 22.0 Å². The van der Waals surface area contributed by atoms with Gasteiger partial charge in [0.05, 0.1) is 12.0 Å². The van der Waals surface area contributed by atoms with E-state index in [4.69, 9.17) is 10.7 Å². The first-order valence-corrected chi connectivity index (χ1v) is 7.15. The average Bonchev–Trinajstić information content (AvgIpc) is 2.11. The first kappa shape index (κ1) is 13.2. The molecule has 0 N–H and O–H groups in total. The molecule has 4 nitrogen and oxygen atoms in total. The molecule has 0 spiro atoms. The van der Waals surface area contributed by atoms with Gasteiger partial charge >= 0.3 is 9.24 Å². The highest BCUT2D eigenvalue weighted by Crippen LogP contribution is 2.44. The molecule has 1 atom stereocenters. The van der Waals surface area contributed by atoms with Crippen LogP contribution in [0.2, 0.25) is 0 Å². The molecule has 0 radical (unpaired) electrons. The summed E-state index contributed by atoms with van der Waals surface area (Å²) in [6.07, 6.45) is -0.179. The number of carbonyl (C=O) groups excluding carboxylic acids is 1. The molecule has 1 unspecified atom stereocenters. The van der Waals surface area contributed by atoms with Crippen molar-refractivity contribution in [3.05, 3.63) is 35.4 Å². The molecule has 1 heterocycles. The molecule has 8 heteroatoms. The van der Waals surface area contributed by atoms with Crippen LogP contribution in [0.3, 0.4) is 0 Å². The Bertz CT molecular complexity index is 614. The van der Waals surface area contributed by atoms with E-state index in [-0.39, 0.29) is 12.0 Å². The van der Waals surface area contributed by atoms with Crippen LogP contribution in [0, 0.1) is 11.6 Å². The molecule has 2 rings (SSSR count). The van der Waals surface area contributed by atoms with Crippen molar-refractivity contribution >= 4 is 25.8 Å². The second-order valence-electron chi connectivity index (χ2n) is 4.21. The van der Waals surface area contributed by atoms with Gasteiger partial charge in [0.1, 0.15) is 11.6 Å². The van der Waals surface area contributed by atoms with Crippen molar-refractivity contribution in [1.82, 2.24) is 4.31 Å². The lowest BCUT2D eigenvalue weighted by molar-refractivity contribution is -0.144. The molecule has 1 aliphatic rings. The third-order valence-corrected chi connectivity index (χ3v) is 4.33. The van der Waals surface area contributed by atoms with Gasteiger partial charge in [-0.2, -0.15) is 8.42 Å². The van der Waals surface area contributed by atoms with E-state index in [0.717, 1.165) is 12.1 Å². The highest BCUT2D eigenvalue weighted by Gasteiger charge is 2.54. The highest BCUT2D eigenvalue weighted by molar-refractivity contribution is 8.12. The minimum absolute atomic E-state index is 0.0452. The first-order chi connectivity index (χ1) is 8.14. The summed E-state index contributed by atoms with van der Waals surface area (Å²) in [5, 5.41) is 0. The van der Waals surface area contributed by atoms with E-state index in [1.807, 2.05) is 0 Å². The Morgan fingerprint density at radius 2 is 1.78 bits per heavy atom. The largest absolute Gasteiger partial charge is 0.324 e. The molecular weight excluding hydrogens is 288 g/mol. The van der Waals surface area contributed by atoms with Crippen molar-refractivity contribution in [2.75, 3.05) is 0 Å². The normalized spacial score (nSPS) is 24.0. The fourth-order valence-electron chi connectivity index (χ4n) is 2.07. The Morgan fingerprint density at radius 1 is 1.28 bits per heavy atom. The summed E-state index contributed by atoms with van der Waals surface area (Å²) in [5.41, 5.74) is -1.30. The van der Waals surface area contributed by atoms with Crippen LogP contribution < -0.4 is 0 Å². The van der Waals surface area contributed by atoms with E-state index < -0.39 is 32.3 Å². The van der Waals surface area contributed by atoms with Gasteiger partial charge in [-0.1, -0.05) is 0 Å². The Kier molecular flexibility index (Phi) is 2.86. The lowest BCUT2D eigenvalue weighted by atomic mass is 9.82. The SMILES string of the molecule is CC1(c2cc(F)cc(F)c2)CC(=O)N1S(=O)(=O)Cl. The minimum atomic E-state index is -4.29. The summed E-state index contributed by atoms with van der Waals surface area (Å²) in [5.74, 6) is -2.41. The van der Waals surface area contributed by atoms with Gasteiger partial charge in [0, 0.05) is 16.7 Å². The van der Waals surface area contributed by atoms with E-state index in [0.29, 0.717) is 10.4 Å². The van der Waals surface area contributed by atoms with Crippen LogP contribution in [0.25, 0.3) is 0 Å². The van der Waals surface area contributed by atoms with Crippen molar-refractivity contribution in [2.24, 2.45) is 0 Å². The van der Waals surface area contributed by atoms with Crippen LogP contribution in [-0.2, 0) is 19.6 Å². The number of nitrogens with zero attached hydrogens (tertiary/aromatic N) is 1. The monoisotopic (exact) mass is 295 g/mol. The van der Waals surface area contributed by atoms with E-state index in [9.17, 15) is 22.0 Å². The lowest BCUT2D eigenvalue weighted by Gasteiger charge is -2.47. The van der Waals surface area contributed by atoms with Gasteiger partial charge in [0.25, 0.3) is 0 Å². The number of benzene rings is 1. The molecule has 1 fully saturated rings. The molecule has 0 bridgehead atoms. The van der Waals surface area contributed by atoms with Crippen LogP contribution in [0.1, 0.15) is 18.9 Å². The predicted octanol–water partition coefficient (Wildman–Crippen LogP) is 1.90. The summed E-state index contributed by atoms with van der Waals surface area (Å²) >= 11 is 0. The zero-order chi connectivity index (χ0) is 13.7. The van der Waals surface area contributed by atoms with E-state index in [1.165, 1.54) is 6.92 Å². The summed E-state index contributed by atoms with van der Waals surface area (Å²) < 4.78 is 49.2. The van der Waals surface area contributed by atoms with Gasteiger partial charge in [0.15, 0.2) is 0 Å². The van der Waals surface area contributed by atoms with Crippen LogP contribution >= 0.6 is 10.7 Å². The quantitative estimate of drug-likeness (QED) is 0.618. The van der Waals surface area contributed by atoms with Gasteiger partial charge in [-0.3, -0.25) is 4.79 Å². The van der Waals surface area contributed by atoms with Crippen LogP contribution in [0.4, 0.5) is 8.78 Å². The number of amides is 1. The smallest absolute Gasteiger partial charge is 0.274 e. The number of carbonyl (C=O) groups is 1. The molecule has 1 aliphatic heterocycles. The van der Waals surface area contributed by atoms with Crippen LogP contribution in [-0.4, -0.2) is 18.6 Å². The third kappa shape index (κ3) is 1.97. The minimum Gasteiger partial charge on any atom is -0.274 e. The van der Waals surface area contributed by atoms with Crippen molar-refractivity contribution in [1.29, 1.82) is 0 Å². The summed E-state index contributed by atoms with van der Waals surface area (Å²) in [4.78, 5) is 11.3. The Balaban J connectivity index is 2.53. The van der Waals surface area contributed by atoms with E-state index in [1.54, 1.807) is 0 Å². The zero-order valence-electron chi connectivity index (χ0n) is 9.15. The van der Waals surface area contributed by atoms with E-state index in [2.05, 4.69) is 0 Å². The second kappa shape index (κ2) is 3.89. The number of rotatable bonds is 2. The molecule has 1 amide bonds. The fraction of sp³-hybridized carbons (Fsp3) is 0.300. The van der Waals surface area contributed by atoms with Crippen molar-refractivity contribution in [2.45, 2.75) is 18.9 Å².